The molecule has 2 aromatic carbocycles. The second-order valence-corrected chi connectivity index (χ2v) is 7.32. The van der Waals surface area contributed by atoms with Gasteiger partial charge in [0.1, 0.15) is 24.2 Å². The maximum Gasteiger partial charge on any atom is 0.257 e. The van der Waals surface area contributed by atoms with Crippen molar-refractivity contribution in [1.29, 1.82) is 0 Å². The van der Waals surface area contributed by atoms with E-state index in [1.165, 1.54) is 0 Å². The summed E-state index contributed by atoms with van der Waals surface area (Å²) in [5, 5.41) is 10.8. The van der Waals surface area contributed by atoms with Crippen LogP contribution in [0.25, 0.3) is 0 Å². The topological polar surface area (TPSA) is 62.2 Å². The number of rotatable bonds is 8. The minimum Gasteiger partial charge on any atom is -0.493 e. The number of carbonyl (C=O) groups excluding carboxylic acids is 1. The van der Waals surface area contributed by atoms with Crippen LogP contribution in [0, 0.1) is 0 Å². The smallest absolute Gasteiger partial charge is 0.257 e. The molecule has 1 amide bonds. The molecule has 29 heavy (non-hydrogen) atoms. The fraction of sp³-hybridized carbons (Fsp3) is 0.409. The Morgan fingerprint density at radius 3 is 2.38 bits per heavy atom. The standard InChI is InChI=1S/C22H27ClN2O4/c1-2-28-20-9-5-3-7-18(20)22(27)25-13-11-24(12-14-25)15-17(26)16-29-21-10-6-4-8-19(21)23/h3-10,17,26H,2,11-16H2,1H3. The van der Waals surface area contributed by atoms with Gasteiger partial charge in [-0.15, -0.1) is 0 Å². The molecule has 1 aliphatic rings. The molecule has 3 rings (SSSR count). The molecule has 0 aliphatic carbocycles. The largest absolute Gasteiger partial charge is 0.493 e. The van der Waals surface area contributed by atoms with Gasteiger partial charge in [-0.1, -0.05) is 35.9 Å². The molecule has 1 saturated heterocycles. The number of ether oxygens (including phenoxy) is 2. The van der Waals surface area contributed by atoms with E-state index < -0.39 is 6.10 Å². The van der Waals surface area contributed by atoms with Gasteiger partial charge in [-0.05, 0) is 31.2 Å². The van der Waals surface area contributed by atoms with Crippen LogP contribution < -0.4 is 9.47 Å². The third kappa shape index (κ3) is 5.85. The van der Waals surface area contributed by atoms with Gasteiger partial charge < -0.3 is 19.5 Å². The predicted octanol–water partition coefficient (Wildman–Crippen LogP) is 2.94. The van der Waals surface area contributed by atoms with Crippen LogP contribution in [0.5, 0.6) is 11.5 Å². The summed E-state index contributed by atoms with van der Waals surface area (Å²) in [6.07, 6.45) is -0.632. The molecule has 0 bridgehead atoms. The molecule has 6 nitrogen and oxygen atoms in total. The Balaban J connectivity index is 1.46. The second kappa shape index (κ2) is 10.5. The van der Waals surface area contributed by atoms with E-state index in [1.54, 1.807) is 18.2 Å². The van der Waals surface area contributed by atoms with Crippen LogP contribution >= 0.6 is 11.6 Å². The van der Waals surface area contributed by atoms with Crippen LogP contribution in [-0.2, 0) is 0 Å². The summed E-state index contributed by atoms with van der Waals surface area (Å²) in [6.45, 7) is 5.70. The third-order valence-corrected chi connectivity index (χ3v) is 5.13. The molecule has 1 unspecified atom stereocenters. The summed E-state index contributed by atoms with van der Waals surface area (Å²) < 4.78 is 11.2. The highest BCUT2D eigenvalue weighted by atomic mass is 35.5. The molecule has 0 saturated carbocycles. The number of halogens is 1. The van der Waals surface area contributed by atoms with E-state index >= 15 is 0 Å². The van der Waals surface area contributed by atoms with Crippen molar-refractivity contribution < 1.29 is 19.4 Å². The van der Waals surface area contributed by atoms with Crippen LogP contribution in [0.2, 0.25) is 5.02 Å². The van der Waals surface area contributed by atoms with Gasteiger partial charge in [-0.3, -0.25) is 9.69 Å². The Morgan fingerprint density at radius 1 is 1.03 bits per heavy atom. The number of piperazine rings is 1. The fourth-order valence-corrected chi connectivity index (χ4v) is 3.52. The van der Waals surface area contributed by atoms with Crippen molar-refractivity contribution >= 4 is 17.5 Å². The number of hydrogen-bond acceptors (Lipinski definition) is 5. The van der Waals surface area contributed by atoms with Crippen molar-refractivity contribution in [2.45, 2.75) is 13.0 Å². The van der Waals surface area contributed by atoms with E-state index in [0.29, 0.717) is 61.4 Å². The molecule has 1 heterocycles. The van der Waals surface area contributed by atoms with E-state index in [4.69, 9.17) is 21.1 Å². The van der Waals surface area contributed by atoms with Gasteiger partial charge in [-0.2, -0.15) is 0 Å². The summed E-state index contributed by atoms with van der Waals surface area (Å²) in [4.78, 5) is 16.8. The monoisotopic (exact) mass is 418 g/mol. The quantitative estimate of drug-likeness (QED) is 0.714. The molecule has 1 atom stereocenters. The average molecular weight is 419 g/mol. The maximum atomic E-state index is 12.9. The Bertz CT molecular complexity index is 809. The Kier molecular flexibility index (Phi) is 7.75. The number of β-amino-alcohol motifs (C(OH)–C–C–N with tert-alkyl or cyclic N) is 1. The molecule has 1 aliphatic heterocycles. The average Bonchev–Trinajstić information content (AvgIpc) is 2.74. The lowest BCUT2D eigenvalue weighted by Gasteiger charge is -2.35. The van der Waals surface area contributed by atoms with Crippen molar-refractivity contribution in [2.75, 3.05) is 45.9 Å². The molecular weight excluding hydrogens is 392 g/mol. The molecule has 0 aromatic heterocycles. The van der Waals surface area contributed by atoms with Crippen LogP contribution in [0.3, 0.4) is 0 Å². The molecule has 7 heteroatoms. The SMILES string of the molecule is CCOc1ccccc1C(=O)N1CCN(CC(O)COc2ccccc2Cl)CC1. The van der Waals surface area contributed by atoms with Gasteiger partial charge in [0.15, 0.2) is 0 Å². The first-order valence-electron chi connectivity index (χ1n) is 9.87. The number of benzene rings is 2. The number of aliphatic hydroxyl groups is 1. The van der Waals surface area contributed by atoms with Crippen molar-refractivity contribution in [3.8, 4) is 11.5 Å². The van der Waals surface area contributed by atoms with Gasteiger partial charge in [0.25, 0.3) is 5.91 Å². The Labute approximate surface area is 176 Å². The summed E-state index contributed by atoms with van der Waals surface area (Å²) in [5.74, 6) is 1.17. The molecule has 2 aromatic rings. The lowest BCUT2D eigenvalue weighted by Crippen LogP contribution is -2.51. The molecule has 156 valence electrons. The predicted molar refractivity (Wildman–Crippen MR) is 113 cm³/mol. The summed E-state index contributed by atoms with van der Waals surface area (Å²) in [5.41, 5.74) is 0.593. The van der Waals surface area contributed by atoms with Gasteiger partial charge in [0.2, 0.25) is 0 Å². The zero-order valence-corrected chi connectivity index (χ0v) is 17.3. The minimum atomic E-state index is -0.632. The Morgan fingerprint density at radius 2 is 1.69 bits per heavy atom. The summed E-state index contributed by atoms with van der Waals surface area (Å²) in [6, 6.07) is 14.5. The van der Waals surface area contributed by atoms with Gasteiger partial charge in [-0.25, -0.2) is 0 Å². The lowest BCUT2D eigenvalue weighted by atomic mass is 10.1. The number of aliphatic hydroxyl groups excluding tert-OH is 1. The van der Waals surface area contributed by atoms with Crippen molar-refractivity contribution in [3.63, 3.8) is 0 Å². The molecule has 1 fully saturated rings. The minimum absolute atomic E-state index is 0.0173. The summed E-state index contributed by atoms with van der Waals surface area (Å²) in [7, 11) is 0. The van der Waals surface area contributed by atoms with Gasteiger partial charge in [0.05, 0.1) is 17.2 Å². The van der Waals surface area contributed by atoms with Crippen molar-refractivity contribution in [3.05, 3.63) is 59.1 Å². The number of hydrogen-bond donors (Lipinski definition) is 1. The van der Waals surface area contributed by atoms with E-state index in [-0.39, 0.29) is 12.5 Å². The molecule has 1 N–H and O–H groups in total. The van der Waals surface area contributed by atoms with E-state index in [1.807, 2.05) is 42.2 Å². The van der Waals surface area contributed by atoms with E-state index in [9.17, 15) is 9.90 Å². The van der Waals surface area contributed by atoms with E-state index in [2.05, 4.69) is 4.90 Å². The maximum absolute atomic E-state index is 12.9. The number of nitrogens with zero attached hydrogens (tertiary/aromatic N) is 2. The van der Waals surface area contributed by atoms with Crippen LogP contribution in [0.4, 0.5) is 0 Å². The first-order chi connectivity index (χ1) is 14.1. The molecular formula is C22H27ClN2O4. The second-order valence-electron chi connectivity index (χ2n) is 6.92. The number of amides is 1. The van der Waals surface area contributed by atoms with E-state index in [0.717, 1.165) is 0 Å². The first-order valence-corrected chi connectivity index (χ1v) is 10.2. The van der Waals surface area contributed by atoms with Gasteiger partial charge in [0, 0.05) is 32.7 Å². The number of carbonyl (C=O) groups is 1. The van der Waals surface area contributed by atoms with Crippen molar-refractivity contribution in [1.82, 2.24) is 9.80 Å². The zero-order valence-electron chi connectivity index (χ0n) is 16.6. The molecule has 0 radical (unpaired) electrons. The summed E-state index contributed by atoms with van der Waals surface area (Å²) >= 11 is 6.06. The van der Waals surface area contributed by atoms with Crippen LogP contribution in [0.15, 0.2) is 48.5 Å². The number of para-hydroxylation sites is 2. The van der Waals surface area contributed by atoms with Gasteiger partial charge >= 0.3 is 0 Å². The zero-order chi connectivity index (χ0) is 20.6. The lowest BCUT2D eigenvalue weighted by molar-refractivity contribution is 0.0402. The highest BCUT2D eigenvalue weighted by molar-refractivity contribution is 6.32. The van der Waals surface area contributed by atoms with Crippen LogP contribution in [-0.4, -0.2) is 72.9 Å². The van der Waals surface area contributed by atoms with Crippen LogP contribution in [0.1, 0.15) is 17.3 Å². The highest BCUT2D eigenvalue weighted by Crippen LogP contribution is 2.23. The highest BCUT2D eigenvalue weighted by Gasteiger charge is 2.25. The first kappa shape index (κ1) is 21.4. The normalized spacial score (nSPS) is 15.8. The van der Waals surface area contributed by atoms with Crippen molar-refractivity contribution in [2.24, 2.45) is 0 Å². The molecule has 0 spiro atoms. The fourth-order valence-electron chi connectivity index (χ4n) is 3.33. The Hall–Kier alpha value is -2.28. The third-order valence-electron chi connectivity index (χ3n) is 4.81.